The summed E-state index contributed by atoms with van der Waals surface area (Å²) in [5.74, 6) is 0. The van der Waals surface area contributed by atoms with E-state index in [0.29, 0.717) is 6.29 Å². The molecule has 0 aliphatic carbocycles. The summed E-state index contributed by atoms with van der Waals surface area (Å²) < 4.78 is 35.7. The van der Waals surface area contributed by atoms with Crippen LogP contribution in [0.3, 0.4) is 0 Å². The minimum atomic E-state index is -4.50. The fourth-order valence-corrected chi connectivity index (χ4v) is 0.772. The molecule has 1 rings (SSSR count). The standard InChI is InChI=1S/C6H6F3NO2/c1-5(3-11)2-4(10-12-5)6(7,8)9/h3H,2H2,1H3. The van der Waals surface area contributed by atoms with Crippen LogP contribution in [0.1, 0.15) is 13.3 Å². The van der Waals surface area contributed by atoms with E-state index in [-0.39, 0.29) is 0 Å². The molecule has 3 nitrogen and oxygen atoms in total. The lowest BCUT2D eigenvalue weighted by Gasteiger charge is -2.11. The first-order chi connectivity index (χ1) is 5.37. The molecule has 1 atom stereocenters. The van der Waals surface area contributed by atoms with Crippen LogP contribution in [0.2, 0.25) is 0 Å². The SMILES string of the molecule is CC1(C=O)CC(C(F)(F)F)=NO1. The number of rotatable bonds is 1. The normalized spacial score (nSPS) is 29.5. The molecule has 0 bridgehead atoms. The van der Waals surface area contributed by atoms with Gasteiger partial charge in [0.05, 0.1) is 0 Å². The average molecular weight is 181 g/mol. The molecule has 0 aromatic heterocycles. The van der Waals surface area contributed by atoms with Gasteiger partial charge in [0.15, 0.2) is 17.6 Å². The van der Waals surface area contributed by atoms with Crippen LogP contribution in [0.25, 0.3) is 0 Å². The van der Waals surface area contributed by atoms with Crippen LogP contribution in [0.15, 0.2) is 5.16 Å². The maximum Gasteiger partial charge on any atom is 0.432 e. The second-order valence-corrected chi connectivity index (χ2v) is 2.73. The van der Waals surface area contributed by atoms with E-state index in [0.717, 1.165) is 0 Å². The Bertz CT molecular complexity index is 235. The van der Waals surface area contributed by atoms with Crippen LogP contribution in [0, 0.1) is 0 Å². The summed E-state index contributed by atoms with van der Waals surface area (Å²) in [5, 5.41) is 2.79. The molecule has 0 N–H and O–H groups in total. The van der Waals surface area contributed by atoms with Crippen LogP contribution in [0.4, 0.5) is 13.2 Å². The maximum absolute atomic E-state index is 11.9. The largest absolute Gasteiger partial charge is 0.432 e. The average Bonchev–Trinajstić information content (AvgIpc) is 2.32. The van der Waals surface area contributed by atoms with E-state index in [1.807, 2.05) is 0 Å². The zero-order chi connectivity index (χ0) is 9.41. The molecule has 6 heteroatoms. The first-order valence-electron chi connectivity index (χ1n) is 3.16. The number of hydrogen-bond acceptors (Lipinski definition) is 3. The highest BCUT2D eigenvalue weighted by Crippen LogP contribution is 2.30. The summed E-state index contributed by atoms with van der Waals surface area (Å²) in [5.41, 5.74) is -2.48. The Labute approximate surface area is 66.2 Å². The summed E-state index contributed by atoms with van der Waals surface area (Å²) in [6.07, 6.45) is -4.70. The molecule has 0 spiro atoms. The molecule has 0 saturated carbocycles. The highest BCUT2D eigenvalue weighted by Gasteiger charge is 2.46. The van der Waals surface area contributed by atoms with E-state index in [4.69, 9.17) is 0 Å². The summed E-state index contributed by atoms with van der Waals surface area (Å²) in [7, 11) is 0. The van der Waals surface area contributed by atoms with Crippen molar-refractivity contribution in [2.24, 2.45) is 5.16 Å². The van der Waals surface area contributed by atoms with Gasteiger partial charge in [-0.3, -0.25) is 4.79 Å². The molecule has 12 heavy (non-hydrogen) atoms. The van der Waals surface area contributed by atoms with Gasteiger partial charge in [-0.25, -0.2) is 0 Å². The maximum atomic E-state index is 11.9. The number of hydrogen-bond donors (Lipinski definition) is 0. The molecule has 1 heterocycles. The number of carbonyl (C=O) groups is 1. The molecule has 0 saturated heterocycles. The van der Waals surface area contributed by atoms with Crippen LogP contribution < -0.4 is 0 Å². The molecule has 0 radical (unpaired) electrons. The van der Waals surface area contributed by atoms with Crippen molar-refractivity contribution in [2.75, 3.05) is 0 Å². The molecule has 0 fully saturated rings. The minimum Gasteiger partial charge on any atom is -0.381 e. The van der Waals surface area contributed by atoms with E-state index in [1.165, 1.54) is 6.92 Å². The van der Waals surface area contributed by atoms with Gasteiger partial charge in [-0.1, -0.05) is 5.16 Å². The number of carbonyl (C=O) groups excluding carboxylic acids is 1. The van der Waals surface area contributed by atoms with Gasteiger partial charge in [-0.05, 0) is 6.92 Å². The molecular formula is C6H6F3NO2. The van der Waals surface area contributed by atoms with Gasteiger partial charge in [0.1, 0.15) is 0 Å². The number of alkyl halides is 3. The van der Waals surface area contributed by atoms with Gasteiger partial charge in [-0.15, -0.1) is 0 Å². The summed E-state index contributed by atoms with van der Waals surface area (Å²) >= 11 is 0. The number of halogens is 3. The topological polar surface area (TPSA) is 38.7 Å². The van der Waals surface area contributed by atoms with Crippen LogP contribution in [-0.4, -0.2) is 23.8 Å². The van der Waals surface area contributed by atoms with E-state index in [1.54, 1.807) is 0 Å². The van der Waals surface area contributed by atoms with Crippen molar-refractivity contribution >= 4 is 12.0 Å². The second-order valence-electron chi connectivity index (χ2n) is 2.73. The summed E-state index contributed by atoms with van der Waals surface area (Å²) in [6, 6.07) is 0. The molecule has 1 aliphatic heterocycles. The van der Waals surface area contributed by atoms with Gasteiger partial charge in [-0.2, -0.15) is 13.2 Å². The Morgan fingerprint density at radius 3 is 2.50 bits per heavy atom. The van der Waals surface area contributed by atoms with Crippen molar-refractivity contribution in [3.05, 3.63) is 0 Å². The Morgan fingerprint density at radius 2 is 2.25 bits per heavy atom. The highest BCUT2D eigenvalue weighted by atomic mass is 19.4. The highest BCUT2D eigenvalue weighted by molar-refractivity contribution is 5.93. The van der Waals surface area contributed by atoms with Crippen molar-refractivity contribution in [1.82, 2.24) is 0 Å². The smallest absolute Gasteiger partial charge is 0.381 e. The van der Waals surface area contributed by atoms with Crippen molar-refractivity contribution in [3.8, 4) is 0 Å². The van der Waals surface area contributed by atoms with Gasteiger partial charge in [0.25, 0.3) is 0 Å². The van der Waals surface area contributed by atoms with Gasteiger partial charge in [0.2, 0.25) is 0 Å². The zero-order valence-electron chi connectivity index (χ0n) is 6.18. The third-order valence-corrected chi connectivity index (χ3v) is 1.46. The summed E-state index contributed by atoms with van der Waals surface area (Å²) in [6.45, 7) is 1.25. The quantitative estimate of drug-likeness (QED) is 0.571. The van der Waals surface area contributed by atoms with Gasteiger partial charge < -0.3 is 4.84 Å². The molecule has 1 unspecified atom stereocenters. The summed E-state index contributed by atoms with van der Waals surface area (Å²) in [4.78, 5) is 14.6. The number of oxime groups is 1. The van der Waals surface area contributed by atoms with Gasteiger partial charge >= 0.3 is 6.18 Å². The Morgan fingerprint density at radius 1 is 1.67 bits per heavy atom. The van der Waals surface area contributed by atoms with Crippen LogP contribution in [0.5, 0.6) is 0 Å². The predicted molar refractivity (Wildman–Crippen MR) is 33.7 cm³/mol. The zero-order valence-corrected chi connectivity index (χ0v) is 6.18. The van der Waals surface area contributed by atoms with E-state index < -0.39 is 23.9 Å². The second kappa shape index (κ2) is 2.46. The Balaban J connectivity index is 2.72. The fraction of sp³-hybridized carbons (Fsp3) is 0.667. The first-order valence-corrected chi connectivity index (χ1v) is 3.16. The third kappa shape index (κ3) is 1.57. The number of aldehydes is 1. The third-order valence-electron chi connectivity index (χ3n) is 1.46. The van der Waals surface area contributed by atoms with Crippen molar-refractivity contribution in [1.29, 1.82) is 0 Å². The van der Waals surface area contributed by atoms with Crippen LogP contribution in [-0.2, 0) is 9.63 Å². The van der Waals surface area contributed by atoms with Crippen LogP contribution >= 0.6 is 0 Å². The van der Waals surface area contributed by atoms with E-state index in [9.17, 15) is 18.0 Å². The lowest BCUT2D eigenvalue weighted by atomic mass is 10.0. The van der Waals surface area contributed by atoms with Crippen molar-refractivity contribution in [2.45, 2.75) is 25.1 Å². The van der Waals surface area contributed by atoms with Crippen molar-refractivity contribution < 1.29 is 22.8 Å². The molecule has 1 aliphatic rings. The monoisotopic (exact) mass is 181 g/mol. The first kappa shape index (κ1) is 9.02. The Hall–Kier alpha value is -1.07. The molecular weight excluding hydrogens is 175 g/mol. The molecule has 0 amide bonds. The number of nitrogens with zero attached hydrogens (tertiary/aromatic N) is 1. The van der Waals surface area contributed by atoms with Gasteiger partial charge in [0, 0.05) is 6.42 Å². The Kier molecular flexibility index (Phi) is 1.85. The van der Waals surface area contributed by atoms with E-state index in [2.05, 4.69) is 9.99 Å². The lowest BCUT2D eigenvalue weighted by molar-refractivity contribution is -0.125. The molecule has 0 aromatic rings. The van der Waals surface area contributed by atoms with Crippen molar-refractivity contribution in [3.63, 3.8) is 0 Å². The van der Waals surface area contributed by atoms with E-state index >= 15 is 0 Å². The fourth-order valence-electron chi connectivity index (χ4n) is 0.772. The predicted octanol–water partition coefficient (Wildman–Crippen LogP) is 1.28. The molecule has 68 valence electrons. The molecule has 0 aromatic carbocycles. The minimum absolute atomic E-state index is 0.315. The lowest BCUT2D eigenvalue weighted by Crippen LogP contribution is -2.30.